The summed E-state index contributed by atoms with van der Waals surface area (Å²) in [5.41, 5.74) is 8.51. The van der Waals surface area contributed by atoms with E-state index in [1.54, 1.807) is 0 Å². The van der Waals surface area contributed by atoms with Gasteiger partial charge in [-0.15, -0.1) is 0 Å². The van der Waals surface area contributed by atoms with Crippen LogP contribution in [-0.2, 0) is 0 Å². The Hall–Kier alpha value is -1.02. The van der Waals surface area contributed by atoms with Crippen molar-refractivity contribution in [1.29, 1.82) is 0 Å². The normalized spacial score (nSPS) is 17.5. The number of rotatable bonds is 4. The van der Waals surface area contributed by atoms with Crippen LogP contribution in [0.3, 0.4) is 0 Å². The third-order valence-electron chi connectivity index (χ3n) is 3.07. The molecule has 0 saturated heterocycles. The Bertz CT molecular complexity index is 329. The average Bonchev–Trinajstić information content (AvgIpc) is 3.01. The Kier molecular flexibility index (Phi) is 2.96. The highest BCUT2D eigenvalue weighted by atomic mass is 15.1. The second-order valence-electron chi connectivity index (χ2n) is 4.67. The van der Waals surface area contributed by atoms with Gasteiger partial charge in [0.05, 0.1) is 0 Å². The predicted molar refractivity (Wildman–Crippen MR) is 65.0 cm³/mol. The van der Waals surface area contributed by atoms with Crippen LogP contribution >= 0.6 is 0 Å². The molecule has 2 nitrogen and oxygen atoms in total. The molecule has 82 valence electrons. The van der Waals surface area contributed by atoms with Crippen LogP contribution in [0.5, 0.6) is 0 Å². The second-order valence-corrected chi connectivity index (χ2v) is 4.67. The zero-order valence-electron chi connectivity index (χ0n) is 9.61. The molecule has 2 heteroatoms. The van der Waals surface area contributed by atoms with E-state index in [1.807, 2.05) is 6.92 Å². The summed E-state index contributed by atoms with van der Waals surface area (Å²) in [4.78, 5) is 2.34. The van der Waals surface area contributed by atoms with Gasteiger partial charge in [-0.2, -0.15) is 0 Å². The molecule has 1 atom stereocenters. The Balaban J connectivity index is 2.16. The first-order chi connectivity index (χ1) is 7.18. The van der Waals surface area contributed by atoms with Crippen molar-refractivity contribution in [3.63, 3.8) is 0 Å². The van der Waals surface area contributed by atoms with Crippen LogP contribution < -0.4 is 10.6 Å². The fourth-order valence-corrected chi connectivity index (χ4v) is 2.01. The molecule has 2 N–H and O–H groups in total. The molecule has 1 fully saturated rings. The second kappa shape index (κ2) is 4.23. The summed E-state index contributed by atoms with van der Waals surface area (Å²) in [6.45, 7) is 3.22. The molecule has 0 radical (unpaired) electrons. The minimum absolute atomic E-state index is 0.114. The molecule has 0 aromatic heterocycles. The van der Waals surface area contributed by atoms with Gasteiger partial charge in [0.25, 0.3) is 0 Å². The van der Waals surface area contributed by atoms with Crippen molar-refractivity contribution in [3.05, 3.63) is 29.8 Å². The van der Waals surface area contributed by atoms with E-state index < -0.39 is 0 Å². The van der Waals surface area contributed by atoms with Crippen LogP contribution in [0.1, 0.15) is 31.4 Å². The standard InChI is InChI=1S/C13H20N2/c1-10(14)12-5-3-4-6-13(12)15(2)9-11-7-8-11/h3-6,10-11H,7-9,14H2,1-2H3/t10-/m0/s1. The van der Waals surface area contributed by atoms with Gasteiger partial charge in [-0.1, -0.05) is 18.2 Å². The van der Waals surface area contributed by atoms with Crippen LogP contribution in [-0.4, -0.2) is 13.6 Å². The Morgan fingerprint density at radius 3 is 2.67 bits per heavy atom. The third kappa shape index (κ3) is 2.51. The van der Waals surface area contributed by atoms with Crippen LogP contribution in [0.15, 0.2) is 24.3 Å². The van der Waals surface area contributed by atoms with Crippen LogP contribution in [0, 0.1) is 5.92 Å². The maximum atomic E-state index is 5.97. The van der Waals surface area contributed by atoms with E-state index >= 15 is 0 Å². The molecular formula is C13H20N2. The predicted octanol–water partition coefficient (Wildman–Crippen LogP) is 2.55. The minimum Gasteiger partial charge on any atom is -0.374 e. The Morgan fingerprint density at radius 1 is 1.40 bits per heavy atom. The maximum Gasteiger partial charge on any atom is 0.0412 e. The Labute approximate surface area is 92.1 Å². The highest BCUT2D eigenvalue weighted by Gasteiger charge is 2.23. The number of anilines is 1. The molecule has 15 heavy (non-hydrogen) atoms. The van der Waals surface area contributed by atoms with Gasteiger partial charge in [0, 0.05) is 25.3 Å². The minimum atomic E-state index is 0.114. The van der Waals surface area contributed by atoms with Crippen LogP contribution in [0.4, 0.5) is 5.69 Å². The lowest BCUT2D eigenvalue weighted by atomic mass is 10.1. The molecule has 0 unspecified atom stereocenters. The molecule has 1 saturated carbocycles. The topological polar surface area (TPSA) is 29.3 Å². The van der Waals surface area contributed by atoms with Crippen molar-refractivity contribution >= 4 is 5.69 Å². The fourth-order valence-electron chi connectivity index (χ4n) is 2.01. The van der Waals surface area contributed by atoms with Crippen molar-refractivity contribution in [2.24, 2.45) is 11.7 Å². The van der Waals surface area contributed by atoms with E-state index in [4.69, 9.17) is 5.73 Å². The van der Waals surface area contributed by atoms with Crippen LogP contribution in [0.2, 0.25) is 0 Å². The van der Waals surface area contributed by atoms with Crippen LogP contribution in [0.25, 0.3) is 0 Å². The smallest absolute Gasteiger partial charge is 0.0412 e. The number of benzene rings is 1. The molecule has 1 aromatic rings. The first-order valence-electron chi connectivity index (χ1n) is 5.74. The molecular weight excluding hydrogens is 184 g/mol. The molecule has 1 aromatic carbocycles. The summed E-state index contributed by atoms with van der Waals surface area (Å²) in [5.74, 6) is 0.913. The number of hydrogen-bond donors (Lipinski definition) is 1. The van der Waals surface area contributed by atoms with E-state index in [2.05, 4.69) is 36.2 Å². The van der Waals surface area contributed by atoms with Gasteiger partial charge in [0.15, 0.2) is 0 Å². The zero-order chi connectivity index (χ0) is 10.8. The molecule has 2 rings (SSSR count). The Morgan fingerprint density at radius 2 is 2.07 bits per heavy atom. The van der Waals surface area contributed by atoms with Gasteiger partial charge >= 0.3 is 0 Å². The molecule has 0 aliphatic heterocycles. The third-order valence-corrected chi connectivity index (χ3v) is 3.07. The molecule has 1 aliphatic carbocycles. The molecule has 0 amide bonds. The van der Waals surface area contributed by atoms with Crippen molar-refractivity contribution in [2.75, 3.05) is 18.5 Å². The number of hydrogen-bond acceptors (Lipinski definition) is 2. The number of nitrogens with zero attached hydrogens (tertiary/aromatic N) is 1. The highest BCUT2D eigenvalue weighted by molar-refractivity contribution is 5.54. The van der Waals surface area contributed by atoms with Gasteiger partial charge < -0.3 is 10.6 Å². The summed E-state index contributed by atoms with van der Waals surface area (Å²) < 4.78 is 0. The van der Waals surface area contributed by atoms with Gasteiger partial charge in [-0.25, -0.2) is 0 Å². The fraction of sp³-hybridized carbons (Fsp3) is 0.538. The lowest BCUT2D eigenvalue weighted by molar-refractivity contribution is 0.762. The molecule has 1 aliphatic rings. The maximum absolute atomic E-state index is 5.97. The average molecular weight is 204 g/mol. The van der Waals surface area contributed by atoms with Gasteiger partial charge in [-0.3, -0.25) is 0 Å². The van der Waals surface area contributed by atoms with Gasteiger partial charge in [0.1, 0.15) is 0 Å². The van der Waals surface area contributed by atoms with Crippen molar-refractivity contribution < 1.29 is 0 Å². The summed E-state index contributed by atoms with van der Waals surface area (Å²) in [7, 11) is 2.17. The molecule has 0 heterocycles. The van der Waals surface area contributed by atoms with E-state index in [0.29, 0.717) is 0 Å². The summed E-state index contributed by atoms with van der Waals surface area (Å²) >= 11 is 0. The van der Waals surface area contributed by atoms with Crippen molar-refractivity contribution in [3.8, 4) is 0 Å². The lowest BCUT2D eigenvalue weighted by Gasteiger charge is -2.23. The lowest BCUT2D eigenvalue weighted by Crippen LogP contribution is -2.22. The van der Waals surface area contributed by atoms with Crippen molar-refractivity contribution in [2.45, 2.75) is 25.8 Å². The number of para-hydroxylation sites is 1. The van der Waals surface area contributed by atoms with Gasteiger partial charge in [0.2, 0.25) is 0 Å². The van der Waals surface area contributed by atoms with E-state index in [9.17, 15) is 0 Å². The quantitative estimate of drug-likeness (QED) is 0.816. The first kappa shape index (κ1) is 10.5. The highest BCUT2D eigenvalue weighted by Crippen LogP contribution is 2.32. The summed E-state index contributed by atoms with van der Waals surface area (Å²) in [5, 5.41) is 0. The van der Waals surface area contributed by atoms with E-state index in [1.165, 1.54) is 30.6 Å². The van der Waals surface area contributed by atoms with E-state index in [-0.39, 0.29) is 6.04 Å². The molecule has 0 spiro atoms. The zero-order valence-corrected chi connectivity index (χ0v) is 9.61. The van der Waals surface area contributed by atoms with Crippen molar-refractivity contribution in [1.82, 2.24) is 0 Å². The first-order valence-corrected chi connectivity index (χ1v) is 5.74. The van der Waals surface area contributed by atoms with Gasteiger partial charge in [-0.05, 0) is 37.3 Å². The molecule has 0 bridgehead atoms. The number of nitrogens with two attached hydrogens (primary N) is 1. The summed E-state index contributed by atoms with van der Waals surface area (Å²) in [6, 6.07) is 8.56. The van der Waals surface area contributed by atoms with E-state index in [0.717, 1.165) is 5.92 Å². The largest absolute Gasteiger partial charge is 0.374 e. The monoisotopic (exact) mass is 204 g/mol. The SMILES string of the molecule is C[C@H](N)c1ccccc1N(C)CC1CC1. The summed E-state index contributed by atoms with van der Waals surface area (Å²) in [6.07, 6.45) is 2.79.